The Morgan fingerprint density at radius 1 is 1.14 bits per heavy atom. The Hall–Kier alpha value is -2.33. The van der Waals surface area contributed by atoms with Crippen molar-refractivity contribution < 1.29 is 12.9 Å². The molecule has 0 unspecified atom stereocenters. The van der Waals surface area contributed by atoms with E-state index in [1.54, 1.807) is 24.3 Å². The Balaban J connectivity index is 1.51. The van der Waals surface area contributed by atoms with Gasteiger partial charge in [-0.1, -0.05) is 35.5 Å². The average Bonchev–Trinajstić information content (AvgIpc) is 3.43. The van der Waals surface area contributed by atoms with E-state index in [-0.39, 0.29) is 4.90 Å². The molecule has 0 aliphatic heterocycles. The monoisotopic (exact) mass is 445 g/mol. The Morgan fingerprint density at radius 3 is 2.66 bits per heavy atom. The minimum atomic E-state index is -3.61. The number of sulfonamides is 1. The Kier molecular flexibility index (Phi) is 5.64. The fourth-order valence-electron chi connectivity index (χ4n) is 2.90. The third kappa shape index (κ3) is 4.32. The van der Waals surface area contributed by atoms with E-state index in [1.165, 1.54) is 21.8 Å². The third-order valence-corrected chi connectivity index (χ3v) is 8.28. The number of nitrogens with zero attached hydrogens (tertiary/aromatic N) is 2. The molecule has 0 aliphatic rings. The SMILES string of the molecule is Cc1ccsc1CCNS(=O)(=O)c1cc(-c2nc(-c3ccccc3)no2)sc1C. The second-order valence-corrected chi connectivity index (χ2v) is 10.5. The van der Waals surface area contributed by atoms with Gasteiger partial charge in [-0.2, -0.15) is 4.98 Å². The summed E-state index contributed by atoms with van der Waals surface area (Å²) in [6.45, 7) is 4.16. The summed E-state index contributed by atoms with van der Waals surface area (Å²) in [7, 11) is -3.61. The van der Waals surface area contributed by atoms with Gasteiger partial charge in [0.25, 0.3) is 5.89 Å². The first kappa shape index (κ1) is 20.0. The van der Waals surface area contributed by atoms with Gasteiger partial charge in [0.15, 0.2) is 0 Å². The Bertz CT molecular complexity index is 1220. The Labute approximate surface area is 177 Å². The number of benzene rings is 1. The van der Waals surface area contributed by atoms with Crippen molar-refractivity contribution in [2.24, 2.45) is 0 Å². The second kappa shape index (κ2) is 8.19. The molecular formula is C20H19N3O3S3. The van der Waals surface area contributed by atoms with Crippen LogP contribution in [-0.2, 0) is 16.4 Å². The predicted molar refractivity (Wildman–Crippen MR) is 116 cm³/mol. The summed E-state index contributed by atoms with van der Waals surface area (Å²) < 4.78 is 33.6. The molecule has 150 valence electrons. The summed E-state index contributed by atoms with van der Waals surface area (Å²) in [6, 6.07) is 13.1. The maximum absolute atomic E-state index is 12.8. The van der Waals surface area contributed by atoms with Crippen LogP contribution in [0.2, 0.25) is 0 Å². The van der Waals surface area contributed by atoms with E-state index in [1.807, 2.05) is 48.7 Å². The van der Waals surface area contributed by atoms with Gasteiger partial charge in [0.05, 0.1) is 9.77 Å². The van der Waals surface area contributed by atoms with Crippen LogP contribution >= 0.6 is 22.7 Å². The highest BCUT2D eigenvalue weighted by atomic mass is 32.2. The van der Waals surface area contributed by atoms with Crippen LogP contribution in [0.5, 0.6) is 0 Å². The zero-order chi connectivity index (χ0) is 20.4. The van der Waals surface area contributed by atoms with E-state index in [9.17, 15) is 8.42 Å². The van der Waals surface area contributed by atoms with E-state index in [0.717, 1.165) is 5.56 Å². The van der Waals surface area contributed by atoms with Gasteiger partial charge in [0.1, 0.15) is 0 Å². The molecule has 3 aromatic heterocycles. The molecule has 6 nitrogen and oxygen atoms in total. The van der Waals surface area contributed by atoms with Crippen molar-refractivity contribution >= 4 is 32.7 Å². The number of aromatic nitrogens is 2. The van der Waals surface area contributed by atoms with E-state index in [2.05, 4.69) is 14.9 Å². The summed E-state index contributed by atoms with van der Waals surface area (Å²) in [5, 5.41) is 6.02. The minimum absolute atomic E-state index is 0.250. The van der Waals surface area contributed by atoms with Crippen molar-refractivity contribution in [3.63, 3.8) is 0 Å². The highest BCUT2D eigenvalue weighted by molar-refractivity contribution is 7.89. The van der Waals surface area contributed by atoms with Gasteiger partial charge in [0, 0.05) is 21.9 Å². The number of hydrogen-bond donors (Lipinski definition) is 1. The zero-order valence-electron chi connectivity index (χ0n) is 15.9. The van der Waals surface area contributed by atoms with Gasteiger partial charge in [0.2, 0.25) is 15.8 Å². The molecule has 0 radical (unpaired) electrons. The molecule has 0 atom stereocenters. The number of aryl methyl sites for hydroxylation is 2. The minimum Gasteiger partial charge on any atom is -0.333 e. The summed E-state index contributed by atoms with van der Waals surface area (Å²) in [5.41, 5.74) is 2.03. The first-order valence-corrected chi connectivity index (χ1v) is 12.1. The molecule has 0 fully saturated rings. The van der Waals surface area contributed by atoms with Crippen LogP contribution in [0.15, 0.2) is 57.3 Å². The molecule has 0 saturated carbocycles. The highest BCUT2D eigenvalue weighted by Gasteiger charge is 2.22. The van der Waals surface area contributed by atoms with Gasteiger partial charge >= 0.3 is 0 Å². The lowest BCUT2D eigenvalue weighted by Crippen LogP contribution is -2.26. The normalized spacial score (nSPS) is 11.8. The molecule has 1 N–H and O–H groups in total. The zero-order valence-corrected chi connectivity index (χ0v) is 18.3. The molecule has 0 amide bonds. The van der Waals surface area contributed by atoms with Crippen molar-refractivity contribution in [2.45, 2.75) is 25.2 Å². The second-order valence-electron chi connectivity index (χ2n) is 6.49. The van der Waals surface area contributed by atoms with Crippen LogP contribution in [0.4, 0.5) is 0 Å². The van der Waals surface area contributed by atoms with Gasteiger partial charge in [-0.05, 0) is 43.3 Å². The number of rotatable bonds is 7. The standard InChI is InChI=1S/C20H19N3O3S3/c1-13-9-11-27-16(13)8-10-21-29(24,25)18-12-17(28-14(18)2)20-22-19(23-26-20)15-6-4-3-5-7-15/h3-7,9,11-12,21H,8,10H2,1-2H3. The summed E-state index contributed by atoms with van der Waals surface area (Å²) in [5.74, 6) is 0.785. The van der Waals surface area contributed by atoms with Crippen LogP contribution in [0.3, 0.4) is 0 Å². The molecule has 1 aromatic carbocycles. The van der Waals surface area contributed by atoms with Gasteiger partial charge < -0.3 is 4.52 Å². The lowest BCUT2D eigenvalue weighted by Gasteiger charge is -2.06. The summed E-state index contributed by atoms with van der Waals surface area (Å²) >= 11 is 2.96. The van der Waals surface area contributed by atoms with Crippen LogP contribution in [0, 0.1) is 13.8 Å². The maximum Gasteiger partial charge on any atom is 0.268 e. The van der Waals surface area contributed by atoms with Crippen molar-refractivity contribution in [1.29, 1.82) is 0 Å². The molecule has 9 heteroatoms. The number of thiophene rings is 2. The van der Waals surface area contributed by atoms with E-state index >= 15 is 0 Å². The van der Waals surface area contributed by atoms with Gasteiger partial charge in [-0.15, -0.1) is 22.7 Å². The van der Waals surface area contributed by atoms with E-state index < -0.39 is 10.0 Å². The van der Waals surface area contributed by atoms with E-state index in [0.29, 0.717) is 34.4 Å². The predicted octanol–water partition coefficient (Wildman–Crippen LogP) is 4.66. The lowest BCUT2D eigenvalue weighted by molar-refractivity contribution is 0.433. The van der Waals surface area contributed by atoms with Crippen LogP contribution in [-0.4, -0.2) is 25.1 Å². The molecule has 3 heterocycles. The van der Waals surface area contributed by atoms with Crippen molar-refractivity contribution in [1.82, 2.24) is 14.9 Å². The van der Waals surface area contributed by atoms with Gasteiger partial charge in [-0.3, -0.25) is 0 Å². The summed E-state index contributed by atoms with van der Waals surface area (Å²) in [6.07, 6.45) is 0.670. The largest absolute Gasteiger partial charge is 0.333 e. The fourth-order valence-corrected chi connectivity index (χ4v) is 6.36. The van der Waals surface area contributed by atoms with Gasteiger partial charge in [-0.25, -0.2) is 13.1 Å². The highest BCUT2D eigenvalue weighted by Crippen LogP contribution is 2.33. The van der Waals surface area contributed by atoms with Crippen molar-refractivity contribution in [2.75, 3.05) is 6.54 Å². The first-order valence-electron chi connectivity index (χ1n) is 8.96. The van der Waals surface area contributed by atoms with E-state index in [4.69, 9.17) is 4.52 Å². The molecule has 0 aliphatic carbocycles. The first-order chi connectivity index (χ1) is 13.9. The maximum atomic E-state index is 12.8. The van der Waals surface area contributed by atoms with Crippen LogP contribution < -0.4 is 4.72 Å². The van der Waals surface area contributed by atoms with Crippen molar-refractivity contribution in [3.8, 4) is 22.2 Å². The lowest BCUT2D eigenvalue weighted by atomic mass is 10.2. The third-order valence-electron chi connectivity index (χ3n) is 4.44. The molecule has 4 aromatic rings. The van der Waals surface area contributed by atoms with Crippen LogP contribution in [0.25, 0.3) is 22.2 Å². The summed E-state index contributed by atoms with van der Waals surface area (Å²) in [4.78, 5) is 7.16. The molecule has 29 heavy (non-hydrogen) atoms. The fraction of sp³-hybridized carbons (Fsp3) is 0.200. The van der Waals surface area contributed by atoms with Crippen LogP contribution in [0.1, 0.15) is 15.3 Å². The molecular weight excluding hydrogens is 426 g/mol. The topological polar surface area (TPSA) is 85.1 Å². The quantitative estimate of drug-likeness (QED) is 0.447. The van der Waals surface area contributed by atoms with Crippen molar-refractivity contribution in [3.05, 3.63) is 63.2 Å². The molecule has 0 bridgehead atoms. The molecule has 0 spiro atoms. The average molecular weight is 446 g/mol. The molecule has 4 rings (SSSR count). The molecule has 0 saturated heterocycles. The number of hydrogen-bond acceptors (Lipinski definition) is 7. The Morgan fingerprint density at radius 2 is 1.93 bits per heavy atom. The number of nitrogens with one attached hydrogen (secondary N) is 1. The smallest absolute Gasteiger partial charge is 0.268 e.